The van der Waals surface area contributed by atoms with Crippen LogP contribution in [0, 0.1) is 0 Å². The summed E-state index contributed by atoms with van der Waals surface area (Å²) < 4.78 is 118. The predicted octanol–water partition coefficient (Wildman–Crippen LogP) is 15.0. The molecule has 0 amide bonds. The van der Waals surface area contributed by atoms with E-state index < -0.39 is 15.6 Å². The average molecular weight is 862 g/mol. The van der Waals surface area contributed by atoms with E-state index in [0.717, 1.165) is 22.8 Å². The van der Waals surface area contributed by atoms with Gasteiger partial charge in [0.25, 0.3) is 0 Å². The number of halogens is 12. The van der Waals surface area contributed by atoms with Crippen LogP contribution in [0.15, 0.2) is 167 Å². The fourth-order valence-corrected chi connectivity index (χ4v) is 2.89. The van der Waals surface area contributed by atoms with Crippen molar-refractivity contribution in [2.24, 2.45) is 9.98 Å². The van der Waals surface area contributed by atoms with Crippen LogP contribution >= 0.6 is 15.6 Å². The molecule has 6 aliphatic heterocycles. The second-order valence-corrected chi connectivity index (χ2v) is 12.8. The zero-order chi connectivity index (χ0) is 37.5. The van der Waals surface area contributed by atoms with Crippen LogP contribution in [0.3, 0.4) is 0 Å². The first-order valence-electron chi connectivity index (χ1n) is 13.1. The SMILES string of the molecule is C1=C[N-]C(=C2C=CC=C[N-]2)C=C1.C1=C[N-]C(=C2C=CC=C[N-]2)C=C1.C1=C[N-]C(=C2N=CC=C[N-]2)N=C1.F[P-](F)(F)(F)(F)F.F[P-](F)(F)(F)(F)F.[Ru+8]. The molecular formula is C28H22F12N8P2Ru. The van der Waals surface area contributed by atoms with Crippen LogP contribution < -0.4 is 0 Å². The Kier molecular flexibility index (Phi) is 14.5. The number of rotatable bonds is 0. The Bertz CT molecular complexity index is 1420. The molecule has 0 radical (unpaired) electrons. The summed E-state index contributed by atoms with van der Waals surface area (Å²) >= 11 is 0. The largest absolute Gasteiger partial charge is 8.00 e. The summed E-state index contributed by atoms with van der Waals surface area (Å²) in [6.45, 7) is 0. The van der Waals surface area contributed by atoms with E-state index in [1.165, 1.54) is 0 Å². The first-order valence-corrected chi connectivity index (χ1v) is 17.2. The molecule has 23 heteroatoms. The van der Waals surface area contributed by atoms with Gasteiger partial charge in [-0.1, -0.05) is 122 Å². The smallest absolute Gasteiger partial charge is 8.00 e. The van der Waals surface area contributed by atoms with Crippen molar-refractivity contribution in [1.29, 1.82) is 0 Å². The Morgan fingerprint density at radius 2 is 0.549 bits per heavy atom. The van der Waals surface area contributed by atoms with Gasteiger partial charge in [-0.15, -0.1) is 0 Å². The monoisotopic (exact) mass is 862 g/mol. The van der Waals surface area contributed by atoms with Gasteiger partial charge in [0.15, 0.2) is 0 Å². The van der Waals surface area contributed by atoms with E-state index in [1.54, 1.807) is 61.8 Å². The normalized spacial score (nSPS) is 24.2. The van der Waals surface area contributed by atoms with Gasteiger partial charge < -0.3 is 41.9 Å². The molecule has 0 bridgehead atoms. The van der Waals surface area contributed by atoms with Gasteiger partial charge in [0, 0.05) is 0 Å². The number of allylic oxidation sites excluding steroid dienone is 14. The third-order valence-corrected chi connectivity index (χ3v) is 4.52. The summed E-state index contributed by atoms with van der Waals surface area (Å²) in [6.07, 6.45) is 40.4. The predicted molar refractivity (Wildman–Crippen MR) is 177 cm³/mol. The van der Waals surface area contributed by atoms with Crippen LogP contribution in [0.2, 0.25) is 0 Å². The molecule has 0 saturated carbocycles. The van der Waals surface area contributed by atoms with Crippen molar-refractivity contribution in [3.05, 3.63) is 189 Å². The second-order valence-electron chi connectivity index (χ2n) is 8.92. The zero-order valence-electron chi connectivity index (χ0n) is 25.1. The van der Waals surface area contributed by atoms with E-state index in [2.05, 4.69) is 41.9 Å². The molecule has 0 spiro atoms. The van der Waals surface area contributed by atoms with Crippen LogP contribution in [0.4, 0.5) is 50.4 Å². The summed E-state index contributed by atoms with van der Waals surface area (Å²) in [5, 5.41) is 24.8. The van der Waals surface area contributed by atoms with Gasteiger partial charge in [-0.25, -0.2) is 0 Å². The Hall–Kier alpha value is -4.60. The van der Waals surface area contributed by atoms with Crippen molar-refractivity contribution >= 4 is 28.0 Å². The van der Waals surface area contributed by atoms with Gasteiger partial charge in [-0.3, -0.25) is 0 Å². The molecule has 0 aliphatic carbocycles. The van der Waals surface area contributed by atoms with E-state index in [1.807, 2.05) is 72.9 Å². The summed E-state index contributed by atoms with van der Waals surface area (Å²) in [7, 11) is -21.3. The van der Waals surface area contributed by atoms with Crippen LogP contribution in [0.1, 0.15) is 0 Å². The van der Waals surface area contributed by atoms with Gasteiger partial charge in [0.05, 0.1) is 0 Å². The number of nitrogens with zero attached hydrogens (tertiary/aromatic N) is 8. The molecule has 0 N–H and O–H groups in total. The van der Waals surface area contributed by atoms with Gasteiger partial charge in [0.1, 0.15) is 0 Å². The summed E-state index contributed by atoms with van der Waals surface area (Å²) in [5.74, 6) is 1.11. The van der Waals surface area contributed by atoms with Crippen molar-refractivity contribution in [3.8, 4) is 0 Å². The van der Waals surface area contributed by atoms with Crippen molar-refractivity contribution in [2.75, 3.05) is 0 Å². The third-order valence-electron chi connectivity index (χ3n) is 4.52. The maximum atomic E-state index is 9.87. The second kappa shape index (κ2) is 16.6. The Balaban J connectivity index is 0.000000325. The fraction of sp³-hybridized carbons (Fsp3) is 0. The molecule has 0 atom stereocenters. The first kappa shape index (κ1) is 44.4. The summed E-state index contributed by atoms with van der Waals surface area (Å²) in [6, 6.07) is 0. The van der Waals surface area contributed by atoms with E-state index in [4.69, 9.17) is 0 Å². The van der Waals surface area contributed by atoms with E-state index in [-0.39, 0.29) is 19.5 Å². The molecule has 0 fully saturated rings. The Morgan fingerprint density at radius 1 is 0.333 bits per heavy atom. The van der Waals surface area contributed by atoms with Crippen molar-refractivity contribution < 1.29 is 69.8 Å². The van der Waals surface area contributed by atoms with Gasteiger partial charge in [0.2, 0.25) is 0 Å². The molecule has 276 valence electrons. The molecular weight excluding hydrogens is 839 g/mol. The first-order chi connectivity index (χ1) is 22.8. The van der Waals surface area contributed by atoms with Gasteiger partial charge >= 0.3 is 85.5 Å². The van der Waals surface area contributed by atoms with Gasteiger partial charge in [-0.05, 0) is 0 Å². The number of hydrogen-bond donors (Lipinski definition) is 0. The molecule has 0 saturated heterocycles. The molecule has 6 rings (SSSR count). The van der Waals surface area contributed by atoms with Crippen LogP contribution in [0.25, 0.3) is 31.9 Å². The Labute approximate surface area is 296 Å². The summed E-state index contributed by atoms with van der Waals surface area (Å²) in [4.78, 5) is 8.03. The molecule has 8 nitrogen and oxygen atoms in total. The topological polar surface area (TPSA) is 109 Å². The molecule has 0 aromatic carbocycles. The fourth-order valence-electron chi connectivity index (χ4n) is 2.89. The van der Waals surface area contributed by atoms with E-state index in [0.29, 0.717) is 11.6 Å². The van der Waals surface area contributed by atoms with Crippen molar-refractivity contribution in [1.82, 2.24) is 0 Å². The molecule has 0 aromatic rings. The summed E-state index contributed by atoms with van der Waals surface area (Å²) in [5.41, 5.74) is 3.66. The molecule has 6 heterocycles. The zero-order valence-corrected chi connectivity index (χ0v) is 28.6. The standard InChI is InChI=1S/2C10H8N2.C8H6N4.2F6P.Ru/c2*1-3-7-11-9(5-1)10-6-2-4-8-12-10;1-3-9-7(10-4-1)8-11-5-2-6-12-8;2*1-7(2,3,4,5)6;/h2*1-8H;1-6H;;;/q3*-2;2*-1;+8. The number of hydrogen-bond acceptors (Lipinski definition) is 2. The van der Waals surface area contributed by atoms with Crippen LogP contribution in [-0.2, 0) is 19.5 Å². The van der Waals surface area contributed by atoms with Crippen molar-refractivity contribution in [3.63, 3.8) is 0 Å². The quantitative estimate of drug-likeness (QED) is 0.131. The van der Waals surface area contributed by atoms with Crippen molar-refractivity contribution in [2.45, 2.75) is 0 Å². The minimum absolute atomic E-state index is 0. The van der Waals surface area contributed by atoms with Crippen LogP contribution in [-0.4, -0.2) is 12.4 Å². The van der Waals surface area contributed by atoms with Gasteiger partial charge in [-0.2, -0.15) is 47.6 Å². The minimum Gasteiger partial charge on any atom is 8.00 e. The molecule has 0 unspecified atom stereocenters. The molecule has 6 aliphatic rings. The molecule has 51 heavy (non-hydrogen) atoms. The van der Waals surface area contributed by atoms with E-state index >= 15 is 0 Å². The maximum Gasteiger partial charge on any atom is 8.00 e. The maximum absolute atomic E-state index is 10.7. The van der Waals surface area contributed by atoms with Crippen LogP contribution in [0.5, 0.6) is 0 Å². The molecule has 0 aromatic heterocycles. The minimum atomic E-state index is -10.7. The third kappa shape index (κ3) is 27.9. The number of aliphatic imine (C=N–C) groups is 2. The Morgan fingerprint density at radius 3 is 0.706 bits per heavy atom. The van der Waals surface area contributed by atoms with E-state index in [9.17, 15) is 50.4 Å². The average Bonchev–Trinajstić information content (AvgIpc) is 3.05.